The number of rotatable bonds is 0. The van der Waals surface area contributed by atoms with Gasteiger partial charge in [-0.2, -0.15) is 26.3 Å². The third-order valence-corrected chi connectivity index (χ3v) is 1.72. The van der Waals surface area contributed by atoms with Crippen LogP contribution in [0.3, 0.4) is 0 Å². The Morgan fingerprint density at radius 3 is 1.73 bits per heavy atom. The molecular weight excluding hydrogens is 234 g/mol. The van der Waals surface area contributed by atoms with E-state index in [4.69, 9.17) is 0 Å². The van der Waals surface area contributed by atoms with Crippen LogP contribution in [0.15, 0.2) is 0 Å². The molecule has 1 rings (SSSR count). The number of carbonyl (C=O) groups is 1. The predicted octanol–water partition coefficient (Wildman–Crippen LogP) is 1.42. The number of halogens is 6. The van der Waals surface area contributed by atoms with Crippen LogP contribution >= 0.6 is 0 Å². The summed E-state index contributed by atoms with van der Waals surface area (Å²) in [7, 11) is 0. The Kier molecular flexibility index (Phi) is 2.62. The van der Waals surface area contributed by atoms with Crippen LogP contribution in [0.5, 0.6) is 0 Å². The summed E-state index contributed by atoms with van der Waals surface area (Å²) >= 11 is 0. The molecule has 0 bridgehead atoms. The first-order valence-electron chi connectivity index (χ1n) is 3.57. The van der Waals surface area contributed by atoms with Crippen molar-refractivity contribution in [1.29, 1.82) is 0 Å². The second-order valence-electron chi connectivity index (χ2n) is 2.66. The first-order valence-corrected chi connectivity index (χ1v) is 3.57. The topological polar surface area (TPSA) is 35.5 Å². The maximum Gasteiger partial charge on any atom is 0.437 e. The molecule has 88 valence electrons. The molecule has 0 aromatic heterocycles. The van der Waals surface area contributed by atoms with E-state index in [1.54, 1.807) is 0 Å². The van der Waals surface area contributed by atoms with Crippen molar-refractivity contribution in [3.63, 3.8) is 0 Å². The molecule has 0 unspecified atom stereocenters. The summed E-state index contributed by atoms with van der Waals surface area (Å²) in [6.45, 7) is -1.59. The van der Waals surface area contributed by atoms with Crippen LogP contribution in [0.4, 0.5) is 26.3 Å². The average molecular weight is 238 g/mol. The molecule has 0 aromatic carbocycles. The fraction of sp³-hybridized carbons (Fsp3) is 0.833. The summed E-state index contributed by atoms with van der Waals surface area (Å²) in [5.74, 6) is -2.48. The summed E-state index contributed by atoms with van der Waals surface area (Å²) in [5.41, 5.74) is -4.85. The molecule has 0 saturated carbocycles. The van der Waals surface area contributed by atoms with Gasteiger partial charge in [0.15, 0.2) is 0 Å². The van der Waals surface area contributed by atoms with E-state index in [-0.39, 0.29) is 0 Å². The van der Waals surface area contributed by atoms with Crippen molar-refractivity contribution in [1.82, 2.24) is 0 Å². The van der Waals surface area contributed by atoms with Gasteiger partial charge in [0, 0.05) is 0 Å². The standard InChI is InChI=1S/C6H4F6O3/c7-5(8,9)4(6(10,11)12)3(13)14-1-2-15-4/h1-2H2. The first kappa shape index (κ1) is 12.1. The quantitative estimate of drug-likeness (QED) is 0.473. The van der Waals surface area contributed by atoms with E-state index < -0.39 is 37.1 Å². The van der Waals surface area contributed by atoms with Crippen molar-refractivity contribution < 1.29 is 40.6 Å². The van der Waals surface area contributed by atoms with E-state index in [2.05, 4.69) is 9.47 Å². The van der Waals surface area contributed by atoms with Crippen LogP contribution in [-0.4, -0.2) is 37.1 Å². The highest BCUT2D eigenvalue weighted by Gasteiger charge is 2.79. The normalized spacial score (nSPS) is 22.4. The molecule has 0 radical (unpaired) electrons. The molecule has 1 fully saturated rings. The molecular formula is C6H4F6O3. The van der Waals surface area contributed by atoms with E-state index in [1.807, 2.05) is 0 Å². The third kappa shape index (κ3) is 1.64. The monoisotopic (exact) mass is 238 g/mol. The maximum absolute atomic E-state index is 12.2. The number of carbonyl (C=O) groups excluding carboxylic acids is 1. The van der Waals surface area contributed by atoms with Gasteiger partial charge in [0.1, 0.15) is 6.61 Å². The summed E-state index contributed by atoms with van der Waals surface area (Å²) in [6.07, 6.45) is -11.8. The van der Waals surface area contributed by atoms with E-state index in [0.717, 1.165) is 0 Å². The van der Waals surface area contributed by atoms with Crippen molar-refractivity contribution in [3.05, 3.63) is 0 Å². The zero-order valence-electron chi connectivity index (χ0n) is 6.91. The van der Waals surface area contributed by atoms with Crippen LogP contribution in [0.1, 0.15) is 0 Å². The van der Waals surface area contributed by atoms with Gasteiger partial charge >= 0.3 is 23.9 Å². The van der Waals surface area contributed by atoms with Gasteiger partial charge in [0.2, 0.25) is 0 Å². The highest BCUT2D eigenvalue weighted by molar-refractivity contribution is 5.82. The van der Waals surface area contributed by atoms with Gasteiger partial charge in [-0.25, -0.2) is 4.79 Å². The lowest BCUT2D eigenvalue weighted by Crippen LogP contribution is -2.66. The number of alkyl halides is 6. The molecule has 0 N–H and O–H groups in total. The predicted molar refractivity (Wildman–Crippen MR) is 31.8 cm³/mol. The van der Waals surface area contributed by atoms with Gasteiger partial charge in [-0.05, 0) is 0 Å². The lowest BCUT2D eigenvalue weighted by Gasteiger charge is -2.37. The molecule has 3 nitrogen and oxygen atoms in total. The number of hydrogen-bond donors (Lipinski definition) is 0. The molecule has 0 atom stereocenters. The van der Waals surface area contributed by atoms with Crippen molar-refractivity contribution in [2.45, 2.75) is 18.0 Å². The SMILES string of the molecule is O=C1OCCOC1(C(F)(F)F)C(F)(F)F. The molecule has 0 amide bonds. The van der Waals surface area contributed by atoms with Gasteiger partial charge < -0.3 is 9.47 Å². The number of hydrogen-bond acceptors (Lipinski definition) is 3. The highest BCUT2D eigenvalue weighted by Crippen LogP contribution is 2.47. The van der Waals surface area contributed by atoms with Crippen LogP contribution in [0.25, 0.3) is 0 Å². The highest BCUT2D eigenvalue weighted by atomic mass is 19.4. The summed E-state index contributed by atoms with van der Waals surface area (Å²) in [4.78, 5) is 10.6. The molecule has 0 aliphatic carbocycles. The van der Waals surface area contributed by atoms with Gasteiger partial charge in [0.25, 0.3) is 0 Å². The minimum absolute atomic E-state index is 0.632. The average Bonchev–Trinajstić information content (AvgIpc) is 2.00. The molecule has 1 aliphatic rings. The lowest BCUT2D eigenvalue weighted by atomic mass is 10.0. The van der Waals surface area contributed by atoms with Crippen molar-refractivity contribution >= 4 is 5.97 Å². The Morgan fingerprint density at radius 2 is 1.47 bits per heavy atom. The largest absolute Gasteiger partial charge is 0.461 e. The number of ether oxygens (including phenoxy) is 2. The van der Waals surface area contributed by atoms with Crippen LogP contribution < -0.4 is 0 Å². The summed E-state index contributed by atoms with van der Waals surface area (Å²) < 4.78 is 80.5. The Morgan fingerprint density at radius 1 is 1.00 bits per heavy atom. The van der Waals surface area contributed by atoms with Crippen LogP contribution in [0, 0.1) is 0 Å². The molecule has 0 aromatic rings. The Hall–Kier alpha value is -0.990. The fourth-order valence-electron chi connectivity index (χ4n) is 1.05. The number of esters is 1. The molecule has 1 saturated heterocycles. The van der Waals surface area contributed by atoms with E-state index in [9.17, 15) is 31.1 Å². The Labute approximate surface area is 78.9 Å². The van der Waals surface area contributed by atoms with Gasteiger partial charge in [-0.15, -0.1) is 0 Å². The second kappa shape index (κ2) is 3.26. The van der Waals surface area contributed by atoms with Crippen LogP contribution in [-0.2, 0) is 14.3 Å². The van der Waals surface area contributed by atoms with Crippen molar-refractivity contribution in [2.75, 3.05) is 13.2 Å². The Bertz CT molecular complexity index is 253. The molecule has 15 heavy (non-hydrogen) atoms. The smallest absolute Gasteiger partial charge is 0.437 e. The van der Waals surface area contributed by atoms with Gasteiger partial charge in [-0.3, -0.25) is 0 Å². The zero-order chi connectivity index (χ0) is 11.9. The fourth-order valence-corrected chi connectivity index (χ4v) is 1.05. The van der Waals surface area contributed by atoms with Gasteiger partial charge in [-0.1, -0.05) is 0 Å². The summed E-state index contributed by atoms with van der Waals surface area (Å²) in [6, 6.07) is 0. The van der Waals surface area contributed by atoms with E-state index >= 15 is 0 Å². The third-order valence-electron chi connectivity index (χ3n) is 1.72. The molecule has 1 aliphatic heterocycles. The van der Waals surface area contributed by atoms with E-state index in [1.165, 1.54) is 0 Å². The maximum atomic E-state index is 12.2. The zero-order valence-corrected chi connectivity index (χ0v) is 6.91. The molecule has 1 heterocycles. The minimum Gasteiger partial charge on any atom is -0.461 e. The number of cyclic esters (lactones) is 1. The second-order valence-corrected chi connectivity index (χ2v) is 2.66. The molecule has 0 spiro atoms. The van der Waals surface area contributed by atoms with Crippen molar-refractivity contribution in [3.8, 4) is 0 Å². The first-order chi connectivity index (χ1) is 6.63. The Balaban J connectivity index is 3.23. The lowest BCUT2D eigenvalue weighted by molar-refractivity contribution is -0.378. The molecule has 9 heteroatoms. The minimum atomic E-state index is -5.90. The van der Waals surface area contributed by atoms with Crippen LogP contribution in [0.2, 0.25) is 0 Å². The van der Waals surface area contributed by atoms with Crippen molar-refractivity contribution in [2.24, 2.45) is 0 Å². The van der Waals surface area contributed by atoms with Gasteiger partial charge in [0.05, 0.1) is 6.61 Å². The van der Waals surface area contributed by atoms with E-state index in [0.29, 0.717) is 0 Å². The summed E-state index contributed by atoms with van der Waals surface area (Å²) in [5, 5.41) is 0.